The van der Waals surface area contributed by atoms with Crippen molar-refractivity contribution in [3.8, 4) is 0 Å². The molecule has 0 aliphatic heterocycles. The highest BCUT2D eigenvalue weighted by Gasteiger charge is 2.26. The van der Waals surface area contributed by atoms with Crippen LogP contribution in [0, 0.1) is 24.5 Å². The molecule has 0 radical (unpaired) electrons. The Labute approximate surface area is 106 Å². The average molecular weight is 259 g/mol. The van der Waals surface area contributed by atoms with Crippen LogP contribution in [0.1, 0.15) is 48.6 Å². The van der Waals surface area contributed by atoms with Crippen molar-refractivity contribution < 1.29 is 8.78 Å². The Morgan fingerprint density at radius 2 is 1.76 bits per heavy atom. The second kappa shape index (κ2) is 5.34. The Morgan fingerprint density at radius 1 is 1.12 bits per heavy atom. The Morgan fingerprint density at radius 3 is 2.41 bits per heavy atom. The molecule has 3 heteroatoms. The molecule has 2 rings (SSSR count). The number of benzene rings is 1. The van der Waals surface area contributed by atoms with Gasteiger partial charge in [-0.2, -0.15) is 0 Å². The van der Waals surface area contributed by atoms with Crippen LogP contribution in [-0.2, 0) is 0 Å². The predicted molar refractivity (Wildman–Crippen MR) is 66.3 cm³/mol. The Bertz CT molecular complexity index is 397. The van der Waals surface area contributed by atoms with Gasteiger partial charge in [0.05, 0.1) is 5.38 Å². The van der Waals surface area contributed by atoms with Gasteiger partial charge in [-0.3, -0.25) is 0 Å². The van der Waals surface area contributed by atoms with Crippen LogP contribution >= 0.6 is 11.6 Å². The average Bonchev–Trinajstić information content (AvgIpc) is 2.34. The number of rotatable bonds is 2. The normalized spacial score (nSPS) is 19.3. The summed E-state index contributed by atoms with van der Waals surface area (Å²) in [4.78, 5) is 0. The van der Waals surface area contributed by atoms with E-state index in [1.54, 1.807) is 6.92 Å². The van der Waals surface area contributed by atoms with Crippen LogP contribution in [0.4, 0.5) is 8.78 Å². The molecule has 0 saturated heterocycles. The SMILES string of the molecule is Cc1cc(F)c(C(Cl)C2CCCCC2)cc1F. The Balaban J connectivity index is 2.23. The summed E-state index contributed by atoms with van der Waals surface area (Å²) in [6, 6.07) is 2.50. The van der Waals surface area contributed by atoms with E-state index in [-0.39, 0.29) is 17.6 Å². The van der Waals surface area contributed by atoms with E-state index >= 15 is 0 Å². The van der Waals surface area contributed by atoms with Gasteiger partial charge in [-0.25, -0.2) is 8.78 Å². The maximum Gasteiger partial charge on any atom is 0.128 e. The lowest BCUT2D eigenvalue weighted by atomic mass is 9.84. The minimum Gasteiger partial charge on any atom is -0.207 e. The number of hydrogen-bond acceptors (Lipinski definition) is 0. The lowest BCUT2D eigenvalue weighted by Crippen LogP contribution is -2.13. The fraction of sp³-hybridized carbons (Fsp3) is 0.571. The summed E-state index contributed by atoms with van der Waals surface area (Å²) < 4.78 is 27.2. The molecule has 0 amide bonds. The van der Waals surface area contributed by atoms with Gasteiger partial charge >= 0.3 is 0 Å². The lowest BCUT2D eigenvalue weighted by Gasteiger charge is -2.26. The zero-order valence-corrected chi connectivity index (χ0v) is 10.7. The molecule has 17 heavy (non-hydrogen) atoms. The maximum absolute atomic E-state index is 13.8. The van der Waals surface area contributed by atoms with Crippen molar-refractivity contribution in [3.63, 3.8) is 0 Å². The van der Waals surface area contributed by atoms with Crippen LogP contribution in [0.2, 0.25) is 0 Å². The van der Waals surface area contributed by atoms with E-state index in [1.807, 2.05) is 0 Å². The molecular formula is C14H17ClF2. The molecule has 1 fully saturated rings. The topological polar surface area (TPSA) is 0 Å². The molecule has 1 unspecified atom stereocenters. The van der Waals surface area contributed by atoms with Gasteiger partial charge in [0.15, 0.2) is 0 Å². The van der Waals surface area contributed by atoms with Crippen molar-refractivity contribution >= 4 is 11.6 Å². The van der Waals surface area contributed by atoms with Crippen molar-refractivity contribution in [1.82, 2.24) is 0 Å². The molecule has 0 bridgehead atoms. The van der Waals surface area contributed by atoms with E-state index in [2.05, 4.69) is 0 Å². The quantitative estimate of drug-likeness (QED) is 0.645. The van der Waals surface area contributed by atoms with E-state index in [9.17, 15) is 8.78 Å². The zero-order valence-electron chi connectivity index (χ0n) is 9.98. The third-order valence-electron chi connectivity index (χ3n) is 3.64. The largest absolute Gasteiger partial charge is 0.207 e. The van der Waals surface area contributed by atoms with E-state index in [0.29, 0.717) is 11.1 Å². The number of hydrogen-bond donors (Lipinski definition) is 0. The van der Waals surface area contributed by atoms with Gasteiger partial charge in [-0.05, 0) is 43.4 Å². The molecule has 0 nitrogen and oxygen atoms in total. The van der Waals surface area contributed by atoms with Gasteiger partial charge < -0.3 is 0 Å². The monoisotopic (exact) mass is 258 g/mol. The molecule has 1 saturated carbocycles. The summed E-state index contributed by atoms with van der Waals surface area (Å²) in [7, 11) is 0. The first-order valence-electron chi connectivity index (χ1n) is 6.19. The summed E-state index contributed by atoms with van der Waals surface area (Å²) in [6.07, 6.45) is 5.55. The summed E-state index contributed by atoms with van der Waals surface area (Å²) in [5.74, 6) is -0.473. The fourth-order valence-corrected chi connectivity index (χ4v) is 2.97. The van der Waals surface area contributed by atoms with Gasteiger partial charge in [0.1, 0.15) is 11.6 Å². The summed E-state index contributed by atoms with van der Waals surface area (Å²) in [6.45, 7) is 1.56. The smallest absolute Gasteiger partial charge is 0.128 e. The first-order chi connectivity index (χ1) is 8.09. The highest BCUT2D eigenvalue weighted by atomic mass is 35.5. The molecule has 0 N–H and O–H groups in total. The summed E-state index contributed by atoms with van der Waals surface area (Å²) in [5.41, 5.74) is 0.653. The van der Waals surface area contributed by atoms with Crippen LogP contribution in [0.5, 0.6) is 0 Å². The standard InChI is InChI=1S/C14H17ClF2/c1-9-7-13(17)11(8-12(9)16)14(15)10-5-3-2-4-6-10/h7-8,10,14H,2-6H2,1H3. The minimum absolute atomic E-state index is 0.280. The molecule has 1 aliphatic carbocycles. The molecular weight excluding hydrogens is 242 g/mol. The van der Waals surface area contributed by atoms with Crippen LogP contribution in [0.25, 0.3) is 0 Å². The van der Waals surface area contributed by atoms with Crippen molar-refractivity contribution in [2.24, 2.45) is 5.92 Å². The van der Waals surface area contributed by atoms with Crippen LogP contribution < -0.4 is 0 Å². The van der Waals surface area contributed by atoms with Crippen molar-refractivity contribution in [2.75, 3.05) is 0 Å². The van der Waals surface area contributed by atoms with Crippen LogP contribution in [0.15, 0.2) is 12.1 Å². The van der Waals surface area contributed by atoms with Crippen molar-refractivity contribution in [2.45, 2.75) is 44.4 Å². The van der Waals surface area contributed by atoms with Crippen molar-refractivity contribution in [3.05, 3.63) is 34.9 Å². The number of aryl methyl sites for hydroxylation is 1. The maximum atomic E-state index is 13.8. The van der Waals surface area contributed by atoms with Gasteiger partial charge in [-0.15, -0.1) is 11.6 Å². The van der Waals surface area contributed by atoms with E-state index in [4.69, 9.17) is 11.6 Å². The van der Waals surface area contributed by atoms with Crippen LogP contribution in [-0.4, -0.2) is 0 Å². The highest BCUT2D eigenvalue weighted by Crippen LogP contribution is 2.40. The van der Waals surface area contributed by atoms with Gasteiger partial charge in [0.2, 0.25) is 0 Å². The van der Waals surface area contributed by atoms with Gasteiger partial charge in [-0.1, -0.05) is 19.3 Å². The molecule has 0 spiro atoms. The second-order valence-corrected chi connectivity index (χ2v) is 5.39. The molecule has 0 heterocycles. The molecule has 1 aromatic rings. The Kier molecular flexibility index (Phi) is 4.03. The molecule has 0 aromatic heterocycles. The Hall–Kier alpha value is -0.630. The molecule has 1 atom stereocenters. The summed E-state index contributed by atoms with van der Waals surface area (Å²) in [5, 5.41) is -0.398. The van der Waals surface area contributed by atoms with E-state index in [0.717, 1.165) is 25.7 Å². The third-order valence-corrected chi connectivity index (χ3v) is 4.23. The second-order valence-electron chi connectivity index (χ2n) is 4.92. The minimum atomic E-state index is -0.398. The fourth-order valence-electron chi connectivity index (χ4n) is 2.55. The molecule has 1 aliphatic rings. The van der Waals surface area contributed by atoms with E-state index in [1.165, 1.54) is 18.6 Å². The number of alkyl halides is 1. The first kappa shape index (κ1) is 12.8. The zero-order chi connectivity index (χ0) is 12.4. The van der Waals surface area contributed by atoms with Crippen LogP contribution in [0.3, 0.4) is 0 Å². The molecule has 1 aromatic carbocycles. The van der Waals surface area contributed by atoms with E-state index < -0.39 is 5.38 Å². The van der Waals surface area contributed by atoms with Gasteiger partial charge in [0, 0.05) is 5.56 Å². The highest BCUT2D eigenvalue weighted by molar-refractivity contribution is 6.21. The molecule has 94 valence electrons. The first-order valence-corrected chi connectivity index (χ1v) is 6.63. The number of halogens is 3. The third kappa shape index (κ3) is 2.79. The lowest BCUT2D eigenvalue weighted by molar-refractivity contribution is 0.344. The van der Waals surface area contributed by atoms with Gasteiger partial charge in [0.25, 0.3) is 0 Å². The van der Waals surface area contributed by atoms with Crippen molar-refractivity contribution in [1.29, 1.82) is 0 Å². The summed E-state index contributed by atoms with van der Waals surface area (Å²) >= 11 is 6.31. The predicted octanol–water partition coefficient (Wildman–Crippen LogP) is 5.13.